The fourth-order valence-electron chi connectivity index (χ4n) is 2.94. The molecule has 0 saturated heterocycles. The van der Waals surface area contributed by atoms with E-state index >= 15 is 0 Å². The summed E-state index contributed by atoms with van der Waals surface area (Å²) >= 11 is 0. The van der Waals surface area contributed by atoms with E-state index in [0.717, 1.165) is 0 Å². The smallest absolute Gasteiger partial charge is 0.280 e. The Morgan fingerprint density at radius 1 is 1.21 bits per heavy atom. The van der Waals surface area contributed by atoms with Gasteiger partial charge in [-0.15, -0.1) is 0 Å². The van der Waals surface area contributed by atoms with Gasteiger partial charge in [-0.3, -0.25) is 14.9 Å². The van der Waals surface area contributed by atoms with Crippen molar-refractivity contribution in [2.45, 2.75) is 6.42 Å². The van der Waals surface area contributed by atoms with Crippen LogP contribution in [0.1, 0.15) is 21.5 Å². The zero-order valence-corrected chi connectivity index (χ0v) is 12.3. The summed E-state index contributed by atoms with van der Waals surface area (Å²) in [5.41, 5.74) is 1.44. The Kier molecular flexibility index (Phi) is 3.02. The predicted octanol–water partition coefficient (Wildman–Crippen LogP) is 2.85. The second kappa shape index (κ2) is 5.09. The van der Waals surface area contributed by atoms with Crippen LogP contribution in [0.5, 0.6) is 17.2 Å². The monoisotopic (exact) mass is 325 g/mol. The Morgan fingerprint density at radius 3 is 2.67 bits per heavy atom. The molecule has 0 radical (unpaired) electrons. The van der Waals surface area contributed by atoms with Crippen LogP contribution in [0.3, 0.4) is 0 Å². The minimum atomic E-state index is -0.529. The molecule has 1 N–H and O–H groups in total. The predicted molar refractivity (Wildman–Crippen MR) is 83.3 cm³/mol. The van der Waals surface area contributed by atoms with Gasteiger partial charge in [-0.05, 0) is 18.2 Å². The number of phenolic OH excluding ortho intramolecular Hbond substituents is 1. The number of nitrogens with zero attached hydrogens (tertiary/aromatic N) is 1. The molecule has 7 heteroatoms. The molecule has 0 fully saturated rings. The van der Waals surface area contributed by atoms with Gasteiger partial charge in [0.15, 0.2) is 17.3 Å². The van der Waals surface area contributed by atoms with Crippen molar-refractivity contribution in [2.24, 2.45) is 0 Å². The standard InChI is InChI=1S/C17H11NO6/c19-14-3-1-2-11-12(14)5-10(17(11)20)4-9-6-15-16(24-8-23-15)7-13(9)18(21)22/h1-4,6-7,19H,5,8H2/b10-4+. The molecular weight excluding hydrogens is 314 g/mol. The van der Waals surface area contributed by atoms with Crippen LogP contribution < -0.4 is 9.47 Å². The number of rotatable bonds is 2. The van der Waals surface area contributed by atoms with Gasteiger partial charge in [-0.1, -0.05) is 12.1 Å². The van der Waals surface area contributed by atoms with E-state index in [1.165, 1.54) is 24.3 Å². The number of phenols is 1. The van der Waals surface area contributed by atoms with E-state index in [1.54, 1.807) is 12.1 Å². The highest BCUT2D eigenvalue weighted by molar-refractivity contribution is 6.16. The Bertz CT molecular complexity index is 931. The fourth-order valence-corrected chi connectivity index (χ4v) is 2.94. The summed E-state index contributed by atoms with van der Waals surface area (Å²) in [5, 5.41) is 21.2. The van der Waals surface area contributed by atoms with E-state index in [0.29, 0.717) is 28.2 Å². The molecule has 1 heterocycles. The van der Waals surface area contributed by atoms with Crippen LogP contribution in [0.25, 0.3) is 6.08 Å². The first-order chi connectivity index (χ1) is 11.5. The fraction of sp³-hybridized carbons (Fsp3) is 0.118. The number of hydrogen-bond acceptors (Lipinski definition) is 6. The van der Waals surface area contributed by atoms with E-state index in [2.05, 4.69) is 0 Å². The van der Waals surface area contributed by atoms with Crippen LogP contribution in [-0.4, -0.2) is 22.6 Å². The van der Waals surface area contributed by atoms with Crippen LogP contribution in [0.2, 0.25) is 0 Å². The Balaban J connectivity index is 1.81. The quantitative estimate of drug-likeness (QED) is 0.518. The number of allylic oxidation sites excluding steroid dienone is 1. The van der Waals surface area contributed by atoms with Crippen molar-refractivity contribution in [3.05, 3.63) is 62.7 Å². The van der Waals surface area contributed by atoms with Gasteiger partial charge in [0.25, 0.3) is 5.69 Å². The second-order valence-corrected chi connectivity index (χ2v) is 5.50. The number of hydrogen-bond donors (Lipinski definition) is 1. The lowest BCUT2D eigenvalue weighted by Crippen LogP contribution is -1.97. The van der Waals surface area contributed by atoms with E-state index in [1.807, 2.05) is 0 Å². The van der Waals surface area contributed by atoms with Crippen molar-refractivity contribution >= 4 is 17.5 Å². The van der Waals surface area contributed by atoms with Gasteiger partial charge in [-0.2, -0.15) is 0 Å². The number of carbonyl (C=O) groups excluding carboxylic acids is 1. The third-order valence-electron chi connectivity index (χ3n) is 4.10. The number of fused-ring (bicyclic) bond motifs is 2. The summed E-state index contributed by atoms with van der Waals surface area (Å²) in [7, 11) is 0. The highest BCUT2D eigenvalue weighted by atomic mass is 16.7. The normalized spacial score (nSPS) is 16.5. The molecule has 2 aromatic carbocycles. The summed E-state index contributed by atoms with van der Waals surface area (Å²) < 4.78 is 10.4. The molecule has 0 aromatic heterocycles. The maximum absolute atomic E-state index is 12.5. The molecule has 2 aliphatic rings. The van der Waals surface area contributed by atoms with Crippen molar-refractivity contribution in [3.8, 4) is 17.2 Å². The van der Waals surface area contributed by atoms with Crippen molar-refractivity contribution in [1.82, 2.24) is 0 Å². The topological polar surface area (TPSA) is 98.9 Å². The molecule has 1 aliphatic heterocycles. The molecule has 0 spiro atoms. The van der Waals surface area contributed by atoms with Crippen LogP contribution in [-0.2, 0) is 6.42 Å². The number of nitro benzene ring substituents is 1. The number of benzene rings is 2. The lowest BCUT2D eigenvalue weighted by molar-refractivity contribution is -0.385. The SMILES string of the molecule is O=C1/C(=C/c2cc3c(cc2[N+](=O)[O-])OCO3)Cc2c(O)cccc21. The highest BCUT2D eigenvalue weighted by Gasteiger charge is 2.29. The molecule has 0 amide bonds. The Labute approximate surface area is 135 Å². The van der Waals surface area contributed by atoms with Crippen molar-refractivity contribution in [1.29, 1.82) is 0 Å². The van der Waals surface area contributed by atoms with Gasteiger partial charge < -0.3 is 14.6 Å². The molecule has 120 valence electrons. The summed E-state index contributed by atoms with van der Waals surface area (Å²) in [6.45, 7) is 0.00472. The van der Waals surface area contributed by atoms with E-state index < -0.39 is 4.92 Å². The van der Waals surface area contributed by atoms with Crippen LogP contribution in [0.15, 0.2) is 35.9 Å². The van der Waals surface area contributed by atoms with Gasteiger partial charge in [0.05, 0.1) is 16.6 Å². The largest absolute Gasteiger partial charge is 0.508 e. The first kappa shape index (κ1) is 14.3. The summed E-state index contributed by atoms with van der Waals surface area (Å²) in [6.07, 6.45) is 1.70. The van der Waals surface area contributed by atoms with Crippen LogP contribution in [0.4, 0.5) is 5.69 Å². The number of ether oxygens (including phenoxy) is 2. The maximum Gasteiger partial charge on any atom is 0.280 e. The summed E-state index contributed by atoms with van der Waals surface area (Å²) in [5.74, 6) is 0.512. The number of ketones is 1. The molecule has 2 aromatic rings. The average Bonchev–Trinajstić information content (AvgIpc) is 3.13. The van der Waals surface area contributed by atoms with Gasteiger partial charge in [0, 0.05) is 23.1 Å². The molecule has 0 unspecified atom stereocenters. The van der Waals surface area contributed by atoms with Crippen LogP contribution >= 0.6 is 0 Å². The van der Waals surface area contributed by atoms with Crippen LogP contribution in [0, 0.1) is 10.1 Å². The zero-order valence-electron chi connectivity index (χ0n) is 12.3. The first-order valence-corrected chi connectivity index (χ1v) is 7.19. The lowest BCUT2D eigenvalue weighted by Gasteiger charge is -2.02. The average molecular weight is 325 g/mol. The number of aromatic hydroxyl groups is 1. The zero-order chi connectivity index (χ0) is 16.8. The van der Waals surface area contributed by atoms with E-state index in [4.69, 9.17) is 9.47 Å². The maximum atomic E-state index is 12.5. The minimum Gasteiger partial charge on any atom is -0.508 e. The molecule has 24 heavy (non-hydrogen) atoms. The second-order valence-electron chi connectivity index (χ2n) is 5.50. The minimum absolute atomic E-state index is 0.00472. The van der Waals surface area contributed by atoms with Gasteiger partial charge in [0.2, 0.25) is 6.79 Å². The summed E-state index contributed by atoms with van der Waals surface area (Å²) in [4.78, 5) is 23.2. The molecule has 1 aliphatic carbocycles. The molecule has 4 rings (SSSR count). The van der Waals surface area contributed by atoms with E-state index in [9.17, 15) is 20.0 Å². The molecule has 7 nitrogen and oxygen atoms in total. The Morgan fingerprint density at radius 2 is 1.96 bits per heavy atom. The van der Waals surface area contributed by atoms with Crippen molar-refractivity contribution < 1.29 is 24.3 Å². The van der Waals surface area contributed by atoms with Gasteiger partial charge in [0.1, 0.15) is 5.75 Å². The third-order valence-corrected chi connectivity index (χ3v) is 4.10. The van der Waals surface area contributed by atoms with Crippen molar-refractivity contribution in [3.63, 3.8) is 0 Å². The lowest BCUT2D eigenvalue weighted by atomic mass is 10.1. The molecular formula is C17H11NO6. The van der Waals surface area contributed by atoms with Crippen molar-refractivity contribution in [2.75, 3.05) is 6.79 Å². The first-order valence-electron chi connectivity index (χ1n) is 7.19. The molecule has 0 atom stereocenters. The third kappa shape index (κ3) is 2.10. The summed E-state index contributed by atoms with van der Waals surface area (Å²) in [6, 6.07) is 7.52. The van der Waals surface area contributed by atoms with Gasteiger partial charge >= 0.3 is 0 Å². The van der Waals surface area contributed by atoms with E-state index in [-0.39, 0.29) is 36.0 Å². The molecule has 0 saturated carbocycles. The number of Topliss-reactive ketones (excluding diaryl/α,β-unsaturated/α-hetero) is 1. The number of nitro groups is 1. The Hall–Kier alpha value is -3.35. The highest BCUT2D eigenvalue weighted by Crippen LogP contribution is 2.40. The molecule has 0 bridgehead atoms. The number of carbonyl (C=O) groups is 1. The van der Waals surface area contributed by atoms with Gasteiger partial charge in [-0.25, -0.2) is 0 Å².